The maximum Gasteiger partial charge on any atom is 0.252 e. The van der Waals surface area contributed by atoms with E-state index in [0.717, 1.165) is 23.5 Å². The molecule has 3 rings (SSSR count). The fourth-order valence-corrected chi connectivity index (χ4v) is 1.72. The standard InChI is InChI=1S/C12H11N5/c1-2-11-15-12-14-7-5-10(17(12)16-11)9-4-3-6-13-8-9/h3-8H,2H2,1H3. The van der Waals surface area contributed by atoms with E-state index in [-0.39, 0.29) is 0 Å². The number of nitrogens with zero attached hydrogens (tertiary/aromatic N) is 5. The maximum absolute atomic E-state index is 4.42. The Bertz CT molecular complexity index is 644. The second-order valence-electron chi connectivity index (χ2n) is 3.67. The van der Waals surface area contributed by atoms with Crippen LogP contribution in [0.4, 0.5) is 0 Å². The highest BCUT2D eigenvalue weighted by Gasteiger charge is 2.08. The van der Waals surface area contributed by atoms with Gasteiger partial charge in [-0.2, -0.15) is 9.50 Å². The summed E-state index contributed by atoms with van der Waals surface area (Å²) in [5.41, 5.74) is 1.96. The molecule has 0 unspecified atom stereocenters. The molecule has 5 heteroatoms. The Morgan fingerprint density at radius 2 is 2.18 bits per heavy atom. The van der Waals surface area contributed by atoms with Gasteiger partial charge in [-0.3, -0.25) is 4.98 Å². The first-order chi connectivity index (χ1) is 8.38. The summed E-state index contributed by atoms with van der Waals surface area (Å²) in [5.74, 6) is 1.43. The molecular weight excluding hydrogens is 214 g/mol. The van der Waals surface area contributed by atoms with Crippen LogP contribution in [0.1, 0.15) is 12.7 Å². The molecule has 3 aromatic heterocycles. The molecule has 0 spiro atoms. The fraction of sp³-hybridized carbons (Fsp3) is 0.167. The summed E-state index contributed by atoms with van der Waals surface area (Å²) < 4.78 is 1.76. The second-order valence-corrected chi connectivity index (χ2v) is 3.67. The minimum absolute atomic E-state index is 0.628. The third-order valence-electron chi connectivity index (χ3n) is 2.56. The normalized spacial score (nSPS) is 10.9. The van der Waals surface area contributed by atoms with Gasteiger partial charge in [-0.25, -0.2) is 4.98 Å². The number of fused-ring (bicyclic) bond motifs is 1. The van der Waals surface area contributed by atoms with Crippen molar-refractivity contribution in [2.24, 2.45) is 0 Å². The Morgan fingerprint density at radius 1 is 1.24 bits per heavy atom. The van der Waals surface area contributed by atoms with Crippen molar-refractivity contribution >= 4 is 5.78 Å². The van der Waals surface area contributed by atoms with Crippen molar-refractivity contribution in [2.75, 3.05) is 0 Å². The largest absolute Gasteiger partial charge is 0.264 e. The zero-order valence-corrected chi connectivity index (χ0v) is 9.41. The Hall–Kier alpha value is -2.30. The monoisotopic (exact) mass is 225 g/mol. The van der Waals surface area contributed by atoms with Crippen molar-refractivity contribution in [3.8, 4) is 11.3 Å². The van der Waals surface area contributed by atoms with Gasteiger partial charge in [0, 0.05) is 30.6 Å². The molecule has 0 amide bonds. The molecule has 3 heterocycles. The van der Waals surface area contributed by atoms with Gasteiger partial charge < -0.3 is 0 Å². The number of aromatic nitrogens is 5. The minimum Gasteiger partial charge on any atom is -0.264 e. The van der Waals surface area contributed by atoms with Crippen LogP contribution in [0.5, 0.6) is 0 Å². The van der Waals surface area contributed by atoms with Crippen LogP contribution in [-0.4, -0.2) is 24.6 Å². The van der Waals surface area contributed by atoms with Crippen molar-refractivity contribution in [2.45, 2.75) is 13.3 Å². The van der Waals surface area contributed by atoms with Crippen LogP contribution in [0.3, 0.4) is 0 Å². The van der Waals surface area contributed by atoms with Crippen LogP contribution in [-0.2, 0) is 6.42 Å². The predicted molar refractivity (Wildman–Crippen MR) is 63.4 cm³/mol. The van der Waals surface area contributed by atoms with E-state index in [9.17, 15) is 0 Å². The van der Waals surface area contributed by atoms with E-state index in [4.69, 9.17) is 0 Å². The maximum atomic E-state index is 4.42. The van der Waals surface area contributed by atoms with Crippen LogP contribution < -0.4 is 0 Å². The van der Waals surface area contributed by atoms with Gasteiger partial charge >= 0.3 is 0 Å². The summed E-state index contributed by atoms with van der Waals surface area (Å²) in [6, 6.07) is 5.81. The molecule has 5 nitrogen and oxygen atoms in total. The Labute approximate surface area is 98.2 Å². The average molecular weight is 225 g/mol. The van der Waals surface area contributed by atoms with E-state index in [1.807, 2.05) is 31.3 Å². The van der Waals surface area contributed by atoms with Crippen molar-refractivity contribution < 1.29 is 0 Å². The average Bonchev–Trinajstić information content (AvgIpc) is 2.82. The number of rotatable bonds is 2. The van der Waals surface area contributed by atoms with Gasteiger partial charge in [0.2, 0.25) is 0 Å². The van der Waals surface area contributed by atoms with Gasteiger partial charge in [-0.15, -0.1) is 5.10 Å². The molecule has 84 valence electrons. The quantitative estimate of drug-likeness (QED) is 0.666. The van der Waals surface area contributed by atoms with E-state index < -0.39 is 0 Å². The molecule has 0 saturated heterocycles. The summed E-state index contributed by atoms with van der Waals surface area (Å²) in [7, 11) is 0. The Balaban J connectivity index is 2.26. The topological polar surface area (TPSA) is 56.0 Å². The molecule has 17 heavy (non-hydrogen) atoms. The molecule has 0 aliphatic carbocycles. The number of aryl methyl sites for hydroxylation is 1. The third kappa shape index (κ3) is 1.65. The highest BCUT2D eigenvalue weighted by atomic mass is 15.3. The molecule has 0 saturated carbocycles. The van der Waals surface area contributed by atoms with Crippen LogP contribution in [0.25, 0.3) is 17.0 Å². The molecule has 0 N–H and O–H groups in total. The second kappa shape index (κ2) is 3.93. The zero-order chi connectivity index (χ0) is 11.7. The van der Waals surface area contributed by atoms with Gasteiger partial charge in [0.05, 0.1) is 5.69 Å². The minimum atomic E-state index is 0.628. The summed E-state index contributed by atoms with van der Waals surface area (Å²) in [6.07, 6.45) is 6.10. The highest BCUT2D eigenvalue weighted by molar-refractivity contribution is 5.59. The van der Waals surface area contributed by atoms with Crippen LogP contribution in [0, 0.1) is 0 Å². The van der Waals surface area contributed by atoms with Gasteiger partial charge in [0.25, 0.3) is 5.78 Å². The predicted octanol–water partition coefficient (Wildman–Crippen LogP) is 1.75. The molecule has 0 bridgehead atoms. The lowest BCUT2D eigenvalue weighted by Gasteiger charge is -2.01. The van der Waals surface area contributed by atoms with Gasteiger partial charge in [-0.1, -0.05) is 6.92 Å². The highest BCUT2D eigenvalue weighted by Crippen LogP contribution is 2.17. The van der Waals surface area contributed by atoms with E-state index in [1.165, 1.54) is 0 Å². The lowest BCUT2D eigenvalue weighted by molar-refractivity contribution is 0.884. The molecule has 0 radical (unpaired) electrons. The number of hydrogen-bond donors (Lipinski definition) is 0. The third-order valence-corrected chi connectivity index (χ3v) is 2.56. The van der Waals surface area contributed by atoms with Gasteiger partial charge in [0.15, 0.2) is 5.82 Å². The van der Waals surface area contributed by atoms with E-state index in [2.05, 4.69) is 20.1 Å². The lowest BCUT2D eigenvalue weighted by Crippen LogP contribution is -1.96. The van der Waals surface area contributed by atoms with E-state index >= 15 is 0 Å². The SMILES string of the molecule is CCc1nc2nccc(-c3cccnc3)n2n1. The van der Waals surface area contributed by atoms with Crippen LogP contribution >= 0.6 is 0 Å². The molecule has 0 aliphatic heterocycles. The molecule has 3 aromatic rings. The summed E-state index contributed by atoms with van der Waals surface area (Å²) in [4.78, 5) is 12.7. The van der Waals surface area contributed by atoms with E-state index in [0.29, 0.717) is 5.78 Å². The smallest absolute Gasteiger partial charge is 0.252 e. The number of pyridine rings is 1. The first-order valence-corrected chi connectivity index (χ1v) is 5.49. The summed E-state index contributed by atoms with van der Waals surface area (Å²) in [6.45, 7) is 2.03. The van der Waals surface area contributed by atoms with Crippen molar-refractivity contribution in [3.63, 3.8) is 0 Å². The van der Waals surface area contributed by atoms with Crippen LogP contribution in [0.2, 0.25) is 0 Å². The summed E-state index contributed by atoms with van der Waals surface area (Å²) >= 11 is 0. The summed E-state index contributed by atoms with van der Waals surface area (Å²) in [5, 5.41) is 4.42. The van der Waals surface area contributed by atoms with Crippen molar-refractivity contribution in [1.82, 2.24) is 24.6 Å². The van der Waals surface area contributed by atoms with Crippen molar-refractivity contribution in [1.29, 1.82) is 0 Å². The Morgan fingerprint density at radius 3 is 2.94 bits per heavy atom. The lowest BCUT2D eigenvalue weighted by atomic mass is 10.2. The van der Waals surface area contributed by atoms with Crippen molar-refractivity contribution in [3.05, 3.63) is 42.6 Å². The molecule has 0 aliphatic rings. The molecular formula is C12H11N5. The van der Waals surface area contributed by atoms with Gasteiger partial charge in [0.1, 0.15) is 0 Å². The van der Waals surface area contributed by atoms with Crippen LogP contribution in [0.15, 0.2) is 36.8 Å². The molecule has 0 fully saturated rings. The Kier molecular flexibility index (Phi) is 2.29. The first kappa shape index (κ1) is 9.89. The fourth-order valence-electron chi connectivity index (χ4n) is 1.72. The molecule has 0 aromatic carbocycles. The zero-order valence-electron chi connectivity index (χ0n) is 9.41. The molecule has 0 atom stereocenters. The first-order valence-electron chi connectivity index (χ1n) is 5.49. The van der Waals surface area contributed by atoms with E-state index in [1.54, 1.807) is 16.9 Å². The number of hydrogen-bond acceptors (Lipinski definition) is 4. The van der Waals surface area contributed by atoms with Gasteiger partial charge in [-0.05, 0) is 18.2 Å².